The van der Waals surface area contributed by atoms with E-state index in [4.69, 9.17) is 0 Å². The summed E-state index contributed by atoms with van der Waals surface area (Å²) in [7, 11) is 0. The second-order valence-electron chi connectivity index (χ2n) is 5.51. The summed E-state index contributed by atoms with van der Waals surface area (Å²) in [5, 5.41) is 14.4. The van der Waals surface area contributed by atoms with Crippen molar-refractivity contribution in [2.45, 2.75) is 37.2 Å². The summed E-state index contributed by atoms with van der Waals surface area (Å²) in [4.78, 5) is 23.0. The third kappa shape index (κ3) is 2.17. The van der Waals surface area contributed by atoms with Crippen LogP contribution in [0.15, 0.2) is 18.2 Å². The zero-order chi connectivity index (χ0) is 15.3. The van der Waals surface area contributed by atoms with Gasteiger partial charge in [0.25, 0.3) is 5.91 Å². The van der Waals surface area contributed by atoms with Crippen LogP contribution in [0, 0.1) is 0 Å². The maximum Gasteiger partial charge on any atom is 0.352 e. The second kappa shape index (κ2) is 4.49. The predicted octanol–water partition coefficient (Wildman–Crippen LogP) is 1.67. The van der Waals surface area contributed by atoms with Crippen LogP contribution in [0.4, 0.5) is 20.2 Å². The Morgan fingerprint density at radius 1 is 1.38 bits per heavy atom. The van der Waals surface area contributed by atoms with E-state index < -0.39 is 17.4 Å². The minimum Gasteiger partial charge on any atom is -0.383 e. The van der Waals surface area contributed by atoms with Crippen LogP contribution in [0.5, 0.6) is 0 Å². The standard InChI is InChI=1S/C14H14F2N2O3/c15-14(16,13(21)4-1-5-13)12(20)17-9-2-3-10-8(6-9)7-11(19)18-10/h2-3,6,21H,1,4-5,7H2,(H,17,20)(H,18,19). The molecule has 0 atom stereocenters. The number of rotatable bonds is 3. The van der Waals surface area contributed by atoms with E-state index in [1.54, 1.807) is 6.07 Å². The summed E-state index contributed by atoms with van der Waals surface area (Å²) in [5.74, 6) is -5.54. The first-order valence-corrected chi connectivity index (χ1v) is 6.66. The number of alkyl halides is 2. The smallest absolute Gasteiger partial charge is 0.352 e. The van der Waals surface area contributed by atoms with Crippen LogP contribution in [0.1, 0.15) is 24.8 Å². The molecule has 1 aromatic rings. The molecule has 0 bridgehead atoms. The lowest BCUT2D eigenvalue weighted by Crippen LogP contribution is -2.59. The van der Waals surface area contributed by atoms with E-state index in [1.165, 1.54) is 12.1 Å². The normalized spacial score (nSPS) is 19.5. The van der Waals surface area contributed by atoms with Crippen molar-refractivity contribution >= 4 is 23.2 Å². The fourth-order valence-electron chi connectivity index (χ4n) is 2.55. The van der Waals surface area contributed by atoms with Gasteiger partial charge in [-0.05, 0) is 43.0 Å². The van der Waals surface area contributed by atoms with Crippen molar-refractivity contribution in [2.75, 3.05) is 10.6 Å². The van der Waals surface area contributed by atoms with Gasteiger partial charge in [-0.15, -0.1) is 0 Å². The molecule has 3 N–H and O–H groups in total. The van der Waals surface area contributed by atoms with Crippen molar-refractivity contribution in [1.82, 2.24) is 0 Å². The van der Waals surface area contributed by atoms with Crippen LogP contribution in [-0.4, -0.2) is 28.4 Å². The van der Waals surface area contributed by atoms with Gasteiger partial charge in [0.2, 0.25) is 5.91 Å². The number of anilines is 2. The minimum atomic E-state index is -3.83. The summed E-state index contributed by atoms with van der Waals surface area (Å²) >= 11 is 0. The lowest BCUT2D eigenvalue weighted by Gasteiger charge is -2.41. The molecule has 0 saturated heterocycles. The highest BCUT2D eigenvalue weighted by atomic mass is 19.3. The fourth-order valence-corrected chi connectivity index (χ4v) is 2.55. The molecule has 112 valence electrons. The number of aliphatic hydroxyl groups is 1. The zero-order valence-electron chi connectivity index (χ0n) is 11.1. The van der Waals surface area contributed by atoms with Crippen LogP contribution in [0.2, 0.25) is 0 Å². The monoisotopic (exact) mass is 296 g/mol. The number of hydrogen-bond donors (Lipinski definition) is 3. The van der Waals surface area contributed by atoms with Gasteiger partial charge in [0.15, 0.2) is 0 Å². The molecule has 7 heteroatoms. The van der Waals surface area contributed by atoms with Gasteiger partial charge in [-0.3, -0.25) is 9.59 Å². The first-order valence-electron chi connectivity index (χ1n) is 6.66. The SMILES string of the molecule is O=C1Cc2cc(NC(=O)C(F)(F)C3(O)CCC3)ccc2N1. The average molecular weight is 296 g/mol. The Morgan fingerprint density at radius 2 is 2.10 bits per heavy atom. The minimum absolute atomic E-state index is 0.0873. The third-order valence-corrected chi connectivity index (χ3v) is 4.04. The molecular formula is C14H14F2N2O3. The molecule has 0 radical (unpaired) electrons. The summed E-state index contributed by atoms with van der Waals surface area (Å²) in [6, 6.07) is 4.46. The first kappa shape index (κ1) is 13.9. The van der Waals surface area contributed by atoms with Crippen LogP contribution >= 0.6 is 0 Å². The van der Waals surface area contributed by atoms with E-state index in [-0.39, 0.29) is 30.9 Å². The van der Waals surface area contributed by atoms with Gasteiger partial charge in [-0.2, -0.15) is 8.78 Å². The molecule has 0 aromatic heterocycles. The van der Waals surface area contributed by atoms with E-state index >= 15 is 0 Å². The van der Waals surface area contributed by atoms with Crippen molar-refractivity contribution in [3.63, 3.8) is 0 Å². The van der Waals surface area contributed by atoms with Crippen LogP contribution in [-0.2, 0) is 16.0 Å². The first-order chi connectivity index (χ1) is 9.82. The van der Waals surface area contributed by atoms with E-state index in [2.05, 4.69) is 10.6 Å². The highest BCUT2D eigenvalue weighted by molar-refractivity contribution is 6.01. The maximum atomic E-state index is 13.9. The van der Waals surface area contributed by atoms with Gasteiger partial charge in [0.05, 0.1) is 6.42 Å². The maximum absolute atomic E-state index is 13.9. The number of carbonyl (C=O) groups is 2. The third-order valence-electron chi connectivity index (χ3n) is 4.04. The van der Waals surface area contributed by atoms with Crippen molar-refractivity contribution < 1.29 is 23.5 Å². The molecule has 21 heavy (non-hydrogen) atoms. The molecule has 2 aliphatic rings. The lowest BCUT2D eigenvalue weighted by atomic mass is 9.75. The van der Waals surface area contributed by atoms with Gasteiger partial charge in [0.1, 0.15) is 5.60 Å². The Bertz CT molecular complexity index is 627. The van der Waals surface area contributed by atoms with Crippen molar-refractivity contribution in [2.24, 2.45) is 0 Å². The van der Waals surface area contributed by atoms with Gasteiger partial charge >= 0.3 is 5.92 Å². The highest BCUT2D eigenvalue weighted by Crippen LogP contribution is 2.44. The summed E-state index contributed by atoms with van der Waals surface area (Å²) in [5.41, 5.74) is -0.811. The molecule has 1 aromatic carbocycles. The van der Waals surface area contributed by atoms with Crippen LogP contribution in [0.3, 0.4) is 0 Å². The van der Waals surface area contributed by atoms with Gasteiger partial charge in [-0.1, -0.05) is 0 Å². The molecule has 3 rings (SSSR count). The van der Waals surface area contributed by atoms with E-state index in [1.807, 2.05) is 0 Å². The number of nitrogens with one attached hydrogen (secondary N) is 2. The Labute approximate surface area is 119 Å². The molecule has 1 aliphatic carbocycles. The van der Waals surface area contributed by atoms with E-state index in [0.717, 1.165) is 0 Å². The van der Waals surface area contributed by atoms with Crippen molar-refractivity contribution in [3.8, 4) is 0 Å². The van der Waals surface area contributed by atoms with Gasteiger partial charge in [-0.25, -0.2) is 0 Å². The summed E-state index contributed by atoms with van der Waals surface area (Å²) < 4.78 is 27.9. The Balaban J connectivity index is 1.76. The Hall–Kier alpha value is -2.02. The number of benzene rings is 1. The van der Waals surface area contributed by atoms with Crippen molar-refractivity contribution in [1.29, 1.82) is 0 Å². The number of halogens is 2. The molecular weight excluding hydrogens is 282 g/mol. The number of hydrogen-bond acceptors (Lipinski definition) is 3. The molecule has 1 aliphatic heterocycles. The number of fused-ring (bicyclic) bond motifs is 1. The number of carbonyl (C=O) groups excluding carboxylic acids is 2. The average Bonchev–Trinajstić information content (AvgIpc) is 2.75. The van der Waals surface area contributed by atoms with Gasteiger partial charge < -0.3 is 15.7 Å². The van der Waals surface area contributed by atoms with Gasteiger partial charge in [0, 0.05) is 11.4 Å². The molecule has 5 nitrogen and oxygen atoms in total. The van der Waals surface area contributed by atoms with Crippen LogP contribution < -0.4 is 10.6 Å². The lowest BCUT2D eigenvalue weighted by molar-refractivity contribution is -0.212. The van der Waals surface area contributed by atoms with Crippen molar-refractivity contribution in [3.05, 3.63) is 23.8 Å². The molecule has 1 saturated carbocycles. The Kier molecular flexibility index (Phi) is 2.98. The quantitative estimate of drug-likeness (QED) is 0.794. The predicted molar refractivity (Wildman–Crippen MR) is 71.2 cm³/mol. The summed E-state index contributed by atoms with van der Waals surface area (Å²) in [6.07, 6.45) is 0.456. The highest BCUT2D eigenvalue weighted by Gasteiger charge is 2.61. The molecule has 2 amide bonds. The number of amides is 2. The van der Waals surface area contributed by atoms with Crippen LogP contribution in [0.25, 0.3) is 0 Å². The summed E-state index contributed by atoms with van der Waals surface area (Å²) in [6.45, 7) is 0. The largest absolute Gasteiger partial charge is 0.383 e. The second-order valence-corrected chi connectivity index (χ2v) is 5.51. The molecule has 0 unspecified atom stereocenters. The molecule has 1 heterocycles. The molecule has 0 spiro atoms. The topological polar surface area (TPSA) is 78.4 Å². The Morgan fingerprint density at radius 3 is 2.71 bits per heavy atom. The van der Waals surface area contributed by atoms with E-state index in [0.29, 0.717) is 17.7 Å². The fraction of sp³-hybridized carbons (Fsp3) is 0.429. The zero-order valence-corrected chi connectivity index (χ0v) is 11.1. The van der Waals surface area contributed by atoms with E-state index in [9.17, 15) is 23.5 Å². The molecule has 1 fully saturated rings.